The summed E-state index contributed by atoms with van der Waals surface area (Å²) in [4.78, 5) is 16.3. The van der Waals surface area contributed by atoms with Gasteiger partial charge in [0, 0.05) is 23.6 Å². The van der Waals surface area contributed by atoms with Crippen LogP contribution >= 0.6 is 0 Å². The van der Waals surface area contributed by atoms with Crippen molar-refractivity contribution in [3.63, 3.8) is 0 Å². The van der Waals surface area contributed by atoms with E-state index in [0.717, 1.165) is 5.56 Å². The first-order valence-electron chi connectivity index (χ1n) is 6.32. The summed E-state index contributed by atoms with van der Waals surface area (Å²) < 4.78 is 13.3. The molecule has 0 aliphatic heterocycles. The van der Waals surface area contributed by atoms with Gasteiger partial charge in [-0.15, -0.1) is 0 Å². The number of aromatic nitrogens is 1. The van der Waals surface area contributed by atoms with Crippen LogP contribution < -0.4 is 11.1 Å². The number of aryl methyl sites for hydroxylation is 1. The maximum atomic E-state index is 13.3. The van der Waals surface area contributed by atoms with Crippen LogP contribution in [0.15, 0.2) is 36.7 Å². The Morgan fingerprint density at radius 3 is 2.95 bits per heavy atom. The molecule has 5 heteroatoms. The zero-order chi connectivity index (χ0) is 15.2. The number of hydrogen-bond acceptors (Lipinski definition) is 3. The highest BCUT2D eigenvalue weighted by Gasteiger charge is 2.12. The molecule has 3 N–H and O–H groups in total. The Morgan fingerprint density at radius 1 is 1.43 bits per heavy atom. The quantitative estimate of drug-likeness (QED) is 0.829. The molecule has 0 aliphatic carbocycles. The van der Waals surface area contributed by atoms with E-state index < -0.39 is 5.82 Å². The smallest absolute Gasteiger partial charge is 0.256 e. The summed E-state index contributed by atoms with van der Waals surface area (Å²) in [6.45, 7) is 1.98. The molecule has 106 valence electrons. The topological polar surface area (TPSA) is 68.0 Å². The largest absolute Gasteiger partial charge is 0.322 e. The molecule has 1 aromatic carbocycles. The molecule has 0 saturated heterocycles. The number of nitrogens with one attached hydrogen (secondary N) is 1. The highest BCUT2D eigenvalue weighted by molar-refractivity contribution is 6.06. The number of carbonyl (C=O) groups excluding carboxylic acids is 1. The number of benzene rings is 1. The molecular formula is C16H14FN3O. The van der Waals surface area contributed by atoms with Gasteiger partial charge in [0.1, 0.15) is 5.82 Å². The average molecular weight is 283 g/mol. The fraction of sp³-hybridized carbons (Fsp3) is 0.125. The molecule has 0 unspecified atom stereocenters. The molecule has 2 aromatic rings. The van der Waals surface area contributed by atoms with Crippen molar-refractivity contribution in [1.82, 2.24) is 4.98 Å². The maximum absolute atomic E-state index is 13.3. The lowest BCUT2D eigenvalue weighted by Gasteiger charge is -2.09. The van der Waals surface area contributed by atoms with Gasteiger partial charge in [-0.05, 0) is 36.8 Å². The van der Waals surface area contributed by atoms with E-state index in [1.54, 1.807) is 18.5 Å². The number of nitrogens with two attached hydrogens (primary N) is 1. The molecule has 2 rings (SSSR count). The van der Waals surface area contributed by atoms with E-state index in [1.165, 1.54) is 18.2 Å². The first-order chi connectivity index (χ1) is 10.1. The fourth-order valence-corrected chi connectivity index (χ4v) is 1.77. The molecule has 0 spiro atoms. The number of pyridine rings is 1. The third kappa shape index (κ3) is 3.65. The first kappa shape index (κ1) is 14.7. The molecule has 0 radical (unpaired) electrons. The van der Waals surface area contributed by atoms with E-state index in [0.29, 0.717) is 16.8 Å². The lowest BCUT2D eigenvalue weighted by atomic mass is 10.1. The Hall–Kier alpha value is -2.71. The predicted octanol–water partition coefficient (Wildman–Crippen LogP) is 2.09. The Kier molecular flexibility index (Phi) is 4.64. The second kappa shape index (κ2) is 6.64. The van der Waals surface area contributed by atoms with Crippen LogP contribution in [0.25, 0.3) is 0 Å². The number of nitrogens with zero attached hydrogens (tertiary/aromatic N) is 1. The van der Waals surface area contributed by atoms with Gasteiger partial charge in [-0.3, -0.25) is 9.78 Å². The molecule has 0 atom stereocenters. The Balaban J connectivity index is 2.33. The lowest BCUT2D eigenvalue weighted by Crippen LogP contribution is -2.14. The summed E-state index contributed by atoms with van der Waals surface area (Å²) in [5.74, 6) is 4.52. The van der Waals surface area contributed by atoms with E-state index in [2.05, 4.69) is 22.1 Å². The van der Waals surface area contributed by atoms with Crippen LogP contribution in [0.5, 0.6) is 0 Å². The van der Waals surface area contributed by atoms with Gasteiger partial charge in [-0.2, -0.15) is 0 Å². The van der Waals surface area contributed by atoms with Crippen molar-refractivity contribution in [2.24, 2.45) is 5.73 Å². The van der Waals surface area contributed by atoms with Gasteiger partial charge in [0.25, 0.3) is 5.91 Å². The third-order valence-corrected chi connectivity index (χ3v) is 2.82. The lowest BCUT2D eigenvalue weighted by molar-refractivity contribution is 0.102. The number of halogens is 1. The van der Waals surface area contributed by atoms with Crippen molar-refractivity contribution in [3.8, 4) is 11.8 Å². The number of hydrogen-bond donors (Lipinski definition) is 2. The summed E-state index contributed by atoms with van der Waals surface area (Å²) in [6.07, 6.45) is 3.23. The molecule has 21 heavy (non-hydrogen) atoms. The Bertz CT molecular complexity index is 732. The standard InChI is InChI=1S/C16H14FN3O/c1-11-10-19-8-6-15(11)20-16(21)14-5-4-13(17)9-12(14)3-2-7-18/h4-6,8-10H,7,18H2,1H3,(H,19,20,21). The van der Waals surface area contributed by atoms with Crippen LogP contribution in [0.1, 0.15) is 21.5 Å². The SMILES string of the molecule is Cc1cnccc1NC(=O)c1ccc(F)cc1C#CCN. The van der Waals surface area contributed by atoms with Gasteiger partial charge in [-0.25, -0.2) is 4.39 Å². The maximum Gasteiger partial charge on any atom is 0.256 e. The monoisotopic (exact) mass is 283 g/mol. The highest BCUT2D eigenvalue weighted by atomic mass is 19.1. The van der Waals surface area contributed by atoms with Crippen molar-refractivity contribution >= 4 is 11.6 Å². The van der Waals surface area contributed by atoms with Crippen LogP contribution in [-0.2, 0) is 0 Å². The number of amides is 1. The van der Waals surface area contributed by atoms with Gasteiger partial charge in [0.05, 0.1) is 12.1 Å². The summed E-state index contributed by atoms with van der Waals surface area (Å²) in [5.41, 5.74) is 7.40. The Morgan fingerprint density at radius 2 is 2.24 bits per heavy atom. The minimum absolute atomic E-state index is 0.140. The van der Waals surface area contributed by atoms with E-state index in [9.17, 15) is 9.18 Å². The van der Waals surface area contributed by atoms with E-state index in [4.69, 9.17) is 5.73 Å². The molecule has 4 nitrogen and oxygen atoms in total. The summed E-state index contributed by atoms with van der Waals surface area (Å²) in [6, 6.07) is 5.54. The third-order valence-electron chi connectivity index (χ3n) is 2.82. The minimum Gasteiger partial charge on any atom is -0.322 e. The van der Waals surface area contributed by atoms with Crippen molar-refractivity contribution in [3.05, 3.63) is 59.2 Å². The molecule has 0 bridgehead atoms. The van der Waals surface area contributed by atoms with Crippen LogP contribution in [-0.4, -0.2) is 17.4 Å². The average Bonchev–Trinajstić information content (AvgIpc) is 2.47. The second-order valence-electron chi connectivity index (χ2n) is 4.34. The number of carbonyl (C=O) groups is 1. The molecule has 0 aliphatic rings. The molecule has 0 saturated carbocycles. The molecular weight excluding hydrogens is 269 g/mol. The van der Waals surface area contributed by atoms with Crippen molar-refractivity contribution in [1.29, 1.82) is 0 Å². The van der Waals surface area contributed by atoms with Crippen molar-refractivity contribution < 1.29 is 9.18 Å². The van der Waals surface area contributed by atoms with E-state index >= 15 is 0 Å². The van der Waals surface area contributed by atoms with Crippen LogP contribution in [0.3, 0.4) is 0 Å². The van der Waals surface area contributed by atoms with Gasteiger partial charge < -0.3 is 11.1 Å². The van der Waals surface area contributed by atoms with Gasteiger partial charge >= 0.3 is 0 Å². The zero-order valence-electron chi connectivity index (χ0n) is 11.5. The first-order valence-corrected chi connectivity index (χ1v) is 6.32. The number of anilines is 1. The minimum atomic E-state index is -0.451. The van der Waals surface area contributed by atoms with Crippen molar-refractivity contribution in [2.75, 3.05) is 11.9 Å². The van der Waals surface area contributed by atoms with Crippen LogP contribution in [0.4, 0.5) is 10.1 Å². The van der Waals surface area contributed by atoms with Gasteiger partial charge in [0.15, 0.2) is 0 Å². The van der Waals surface area contributed by atoms with Crippen LogP contribution in [0.2, 0.25) is 0 Å². The van der Waals surface area contributed by atoms with Gasteiger partial charge in [-0.1, -0.05) is 11.8 Å². The molecule has 1 aromatic heterocycles. The summed E-state index contributed by atoms with van der Waals surface area (Å²) in [7, 11) is 0. The van der Waals surface area contributed by atoms with Crippen LogP contribution in [0, 0.1) is 24.6 Å². The predicted molar refractivity (Wildman–Crippen MR) is 79.3 cm³/mol. The van der Waals surface area contributed by atoms with E-state index in [1.807, 2.05) is 6.92 Å². The fourth-order valence-electron chi connectivity index (χ4n) is 1.77. The molecule has 1 amide bonds. The Labute approximate surface area is 122 Å². The summed E-state index contributed by atoms with van der Waals surface area (Å²) in [5, 5.41) is 2.76. The second-order valence-corrected chi connectivity index (χ2v) is 4.34. The molecule has 1 heterocycles. The molecule has 0 fully saturated rings. The summed E-state index contributed by atoms with van der Waals surface area (Å²) >= 11 is 0. The van der Waals surface area contributed by atoms with Gasteiger partial charge in [0.2, 0.25) is 0 Å². The van der Waals surface area contributed by atoms with Crippen molar-refractivity contribution in [2.45, 2.75) is 6.92 Å². The van der Waals surface area contributed by atoms with E-state index in [-0.39, 0.29) is 12.5 Å². The zero-order valence-corrected chi connectivity index (χ0v) is 11.5. The highest BCUT2D eigenvalue weighted by Crippen LogP contribution is 2.16. The number of rotatable bonds is 2. The normalized spacial score (nSPS) is 9.67.